The van der Waals surface area contributed by atoms with Crippen LogP contribution in [0.2, 0.25) is 0 Å². The van der Waals surface area contributed by atoms with Gasteiger partial charge >= 0.3 is 24.3 Å². The van der Waals surface area contributed by atoms with E-state index in [-0.39, 0.29) is 42.9 Å². The van der Waals surface area contributed by atoms with Crippen LogP contribution in [0.3, 0.4) is 0 Å². The van der Waals surface area contributed by atoms with Gasteiger partial charge in [-0.2, -0.15) is 30.7 Å². The van der Waals surface area contributed by atoms with E-state index in [1.165, 1.54) is 0 Å². The topological polar surface area (TPSA) is 46.2 Å². The van der Waals surface area contributed by atoms with Crippen molar-refractivity contribution in [2.75, 3.05) is 13.2 Å². The van der Waals surface area contributed by atoms with Gasteiger partial charge in [0.25, 0.3) is 0 Å². The normalized spacial score (nSPS) is 23.3. The fourth-order valence-corrected chi connectivity index (χ4v) is 4.67. The molecule has 1 saturated heterocycles. The molecule has 15 heteroatoms. The predicted molar refractivity (Wildman–Crippen MR) is 124 cm³/mol. The molecule has 0 radical (unpaired) electrons. The van der Waals surface area contributed by atoms with E-state index in [1.54, 1.807) is 0 Å². The molecule has 4 rings (SSSR count). The second kappa shape index (κ2) is 12.6. The van der Waals surface area contributed by atoms with Crippen molar-refractivity contribution in [2.45, 2.75) is 51.1 Å². The van der Waals surface area contributed by atoms with Gasteiger partial charge in [-0.05, 0) is 37.8 Å². The molecule has 0 aromatic heterocycles. The average molecular weight is 618 g/mol. The fourth-order valence-electron chi connectivity index (χ4n) is 4.67. The van der Waals surface area contributed by atoms with Gasteiger partial charge in [-0.25, -0.2) is 13.2 Å². The zero-order valence-electron chi connectivity index (χ0n) is 21.8. The first-order chi connectivity index (χ1) is 19.7. The molecule has 1 aliphatic carbocycles. The maximum Gasteiger partial charge on any atom is 0.429 e. The van der Waals surface area contributed by atoms with Crippen molar-refractivity contribution in [3.8, 4) is 17.2 Å². The Balaban J connectivity index is 1.40. The maximum absolute atomic E-state index is 14.9. The lowest BCUT2D eigenvalue weighted by atomic mass is 9.81. The van der Waals surface area contributed by atoms with Crippen LogP contribution in [0.1, 0.15) is 38.2 Å². The van der Waals surface area contributed by atoms with Crippen molar-refractivity contribution in [2.24, 2.45) is 17.8 Å². The van der Waals surface area contributed by atoms with Crippen molar-refractivity contribution in [1.82, 2.24) is 0 Å². The zero-order valence-corrected chi connectivity index (χ0v) is 21.8. The minimum atomic E-state index is -4.61. The van der Waals surface area contributed by atoms with Crippen LogP contribution in [-0.4, -0.2) is 25.6 Å². The molecule has 2 aromatic carbocycles. The minimum Gasteiger partial charge on any atom is -0.432 e. The second-order valence-electron chi connectivity index (χ2n) is 10.0. The monoisotopic (exact) mass is 618 g/mol. The van der Waals surface area contributed by atoms with Gasteiger partial charge < -0.3 is 23.7 Å². The number of rotatable bonds is 9. The summed E-state index contributed by atoms with van der Waals surface area (Å²) in [4.78, 5) is 0. The molecule has 5 nitrogen and oxygen atoms in total. The third-order valence-electron chi connectivity index (χ3n) is 6.79. The summed E-state index contributed by atoms with van der Waals surface area (Å²) < 4.78 is 162. The largest absolute Gasteiger partial charge is 0.432 e. The molecule has 232 valence electrons. The number of hydrogen-bond donors (Lipinski definition) is 0. The van der Waals surface area contributed by atoms with Crippen molar-refractivity contribution in [3.05, 3.63) is 65.4 Å². The summed E-state index contributed by atoms with van der Waals surface area (Å²) in [5.41, 5.74) is -1.50. The van der Waals surface area contributed by atoms with Crippen LogP contribution in [0, 0.1) is 35.2 Å². The van der Waals surface area contributed by atoms with Crippen molar-refractivity contribution >= 4 is 0 Å². The van der Waals surface area contributed by atoms with Gasteiger partial charge in [-0.1, -0.05) is 6.92 Å². The van der Waals surface area contributed by atoms with Gasteiger partial charge in [0.2, 0.25) is 5.75 Å². The first-order valence-corrected chi connectivity index (χ1v) is 12.7. The molecule has 0 atom stereocenters. The molecule has 1 heterocycles. The average Bonchev–Trinajstić information content (AvgIpc) is 2.90. The predicted octanol–water partition coefficient (Wildman–Crippen LogP) is 8.43. The van der Waals surface area contributed by atoms with Crippen LogP contribution in [-0.2, 0) is 15.6 Å². The Kier molecular flexibility index (Phi) is 9.50. The van der Waals surface area contributed by atoms with Crippen molar-refractivity contribution < 1.29 is 67.6 Å². The molecule has 2 aromatic rings. The van der Waals surface area contributed by atoms with E-state index in [0.717, 1.165) is 0 Å². The first kappa shape index (κ1) is 31.7. The highest BCUT2D eigenvalue weighted by Crippen LogP contribution is 2.43. The second-order valence-corrected chi connectivity index (χ2v) is 10.0. The van der Waals surface area contributed by atoms with Crippen molar-refractivity contribution in [1.29, 1.82) is 0 Å². The molecular formula is C27H24F10O5. The molecule has 2 fully saturated rings. The third-order valence-corrected chi connectivity index (χ3v) is 6.79. The number of halogens is 10. The Labute approximate surface area is 232 Å². The van der Waals surface area contributed by atoms with Gasteiger partial charge in [-0.15, -0.1) is 0 Å². The van der Waals surface area contributed by atoms with Gasteiger partial charge in [0, 0.05) is 30.0 Å². The molecule has 0 amide bonds. The van der Waals surface area contributed by atoms with E-state index in [2.05, 4.69) is 14.2 Å². The van der Waals surface area contributed by atoms with E-state index in [0.29, 0.717) is 38.2 Å². The zero-order chi connectivity index (χ0) is 30.8. The Bertz CT molecular complexity index is 1260. The Morgan fingerprint density at radius 2 is 1.36 bits per heavy atom. The van der Waals surface area contributed by atoms with Crippen LogP contribution >= 0.6 is 0 Å². The Morgan fingerprint density at radius 3 is 1.90 bits per heavy atom. The molecule has 1 aliphatic heterocycles. The highest BCUT2D eigenvalue weighted by atomic mass is 19.3. The Morgan fingerprint density at radius 1 is 0.786 bits per heavy atom. The third kappa shape index (κ3) is 7.41. The molecule has 0 bridgehead atoms. The number of alkyl halides is 4. The van der Waals surface area contributed by atoms with E-state index < -0.39 is 76.8 Å². The van der Waals surface area contributed by atoms with Gasteiger partial charge in [0.1, 0.15) is 22.9 Å². The van der Waals surface area contributed by atoms with E-state index in [4.69, 9.17) is 9.47 Å². The standard InChI is InChI=1S/C27H24F10O5/c1-13-11-38-25(39-12-13)14-2-4-15(5-3-14)26(34,35)41-16-6-7-18(19(28)8-16)27(36,37)42-17-9-20(29)22(21(30)10-17)40-24(33)23(31)32/h6-10,13-15,25H,2-5,11-12H2,1H3. The van der Waals surface area contributed by atoms with E-state index in [9.17, 15) is 43.9 Å². The summed E-state index contributed by atoms with van der Waals surface area (Å²) in [5, 5.41) is 0. The highest BCUT2D eigenvalue weighted by Gasteiger charge is 2.46. The van der Waals surface area contributed by atoms with E-state index in [1.807, 2.05) is 6.92 Å². The molecule has 42 heavy (non-hydrogen) atoms. The number of ether oxygens (including phenoxy) is 5. The quantitative estimate of drug-likeness (QED) is 0.209. The van der Waals surface area contributed by atoms with Gasteiger partial charge in [0.05, 0.1) is 19.1 Å². The lowest BCUT2D eigenvalue weighted by molar-refractivity contribution is -0.246. The van der Waals surface area contributed by atoms with Crippen LogP contribution < -0.4 is 14.2 Å². The van der Waals surface area contributed by atoms with Crippen LogP contribution in [0.25, 0.3) is 0 Å². The number of benzene rings is 2. The van der Waals surface area contributed by atoms with Gasteiger partial charge in [-0.3, -0.25) is 0 Å². The lowest BCUT2D eigenvalue weighted by Gasteiger charge is -2.38. The molecule has 0 unspecified atom stereocenters. The lowest BCUT2D eigenvalue weighted by Crippen LogP contribution is -2.41. The minimum absolute atomic E-state index is 0.0471. The molecule has 0 N–H and O–H groups in total. The summed E-state index contributed by atoms with van der Waals surface area (Å²) in [6.45, 7) is 2.97. The summed E-state index contributed by atoms with van der Waals surface area (Å²) in [6.07, 6.45) is -11.1. The molecule has 2 aliphatic rings. The van der Waals surface area contributed by atoms with Crippen LogP contribution in [0.15, 0.2) is 42.4 Å². The molecule has 1 saturated carbocycles. The van der Waals surface area contributed by atoms with Gasteiger partial charge in [0.15, 0.2) is 17.9 Å². The summed E-state index contributed by atoms with van der Waals surface area (Å²) in [7, 11) is 0. The summed E-state index contributed by atoms with van der Waals surface area (Å²) in [5.74, 6) is -10.3. The SMILES string of the molecule is CC1COC(C2CCC(C(F)(F)Oc3ccc(C(F)(F)Oc4cc(F)c(OC(F)=C(F)F)c(F)c4)c(F)c3)CC2)OC1. The highest BCUT2D eigenvalue weighted by molar-refractivity contribution is 5.37. The molecular weight excluding hydrogens is 594 g/mol. The first-order valence-electron chi connectivity index (χ1n) is 12.7. The molecule has 0 spiro atoms. The van der Waals surface area contributed by atoms with Crippen LogP contribution in [0.4, 0.5) is 43.9 Å². The summed E-state index contributed by atoms with van der Waals surface area (Å²) >= 11 is 0. The maximum atomic E-state index is 14.9. The van der Waals surface area contributed by atoms with E-state index >= 15 is 0 Å². The van der Waals surface area contributed by atoms with Crippen LogP contribution in [0.5, 0.6) is 17.2 Å². The smallest absolute Gasteiger partial charge is 0.429 e. The Hall–Kier alpha value is -3.20. The van der Waals surface area contributed by atoms with Crippen molar-refractivity contribution in [3.63, 3.8) is 0 Å². The fraction of sp³-hybridized carbons (Fsp3) is 0.481. The number of hydrogen-bond acceptors (Lipinski definition) is 5. The summed E-state index contributed by atoms with van der Waals surface area (Å²) in [6, 6.07) is -1.24.